The number of ether oxygens (including phenoxy) is 1. The zero-order chi connectivity index (χ0) is 15.5. The van der Waals surface area contributed by atoms with E-state index in [1.807, 2.05) is 19.1 Å². The van der Waals surface area contributed by atoms with Gasteiger partial charge in [-0.15, -0.1) is 0 Å². The number of amides is 2. The molecule has 0 spiro atoms. The van der Waals surface area contributed by atoms with Crippen LogP contribution in [0.2, 0.25) is 0 Å². The Kier molecular flexibility index (Phi) is 4.43. The van der Waals surface area contributed by atoms with Crippen LogP contribution in [0.25, 0.3) is 0 Å². The van der Waals surface area contributed by atoms with Gasteiger partial charge < -0.3 is 15.0 Å². The highest BCUT2D eigenvalue weighted by molar-refractivity contribution is 5.97. The van der Waals surface area contributed by atoms with Crippen molar-refractivity contribution in [3.63, 3.8) is 0 Å². The van der Waals surface area contributed by atoms with E-state index in [2.05, 4.69) is 5.32 Å². The lowest BCUT2D eigenvalue weighted by atomic mass is 10.1. The molecule has 2 amide bonds. The lowest BCUT2D eigenvalue weighted by molar-refractivity contribution is -0.117. The van der Waals surface area contributed by atoms with Gasteiger partial charge in [0, 0.05) is 30.8 Å². The number of benzene rings is 1. The molecule has 1 N–H and O–H groups in total. The van der Waals surface area contributed by atoms with Gasteiger partial charge in [-0.2, -0.15) is 0 Å². The van der Waals surface area contributed by atoms with Gasteiger partial charge in [0.25, 0.3) is 5.91 Å². The average molecular weight is 302 g/mol. The Morgan fingerprint density at radius 3 is 2.68 bits per heavy atom. The van der Waals surface area contributed by atoms with E-state index in [9.17, 15) is 9.59 Å². The Bertz CT molecular complexity index is 550. The van der Waals surface area contributed by atoms with Gasteiger partial charge in [0.15, 0.2) is 0 Å². The fourth-order valence-electron chi connectivity index (χ4n) is 3.09. The Morgan fingerprint density at radius 1 is 1.32 bits per heavy atom. The predicted octanol–water partition coefficient (Wildman–Crippen LogP) is 2.11. The molecule has 2 aliphatic heterocycles. The number of nitrogens with one attached hydrogen (secondary N) is 1. The first-order valence-electron chi connectivity index (χ1n) is 7.98. The van der Waals surface area contributed by atoms with E-state index in [0.29, 0.717) is 12.0 Å². The molecule has 2 atom stereocenters. The first kappa shape index (κ1) is 15.0. The van der Waals surface area contributed by atoms with E-state index in [0.717, 1.165) is 38.1 Å². The average Bonchev–Trinajstić information content (AvgIpc) is 3.18. The van der Waals surface area contributed by atoms with Crippen LogP contribution in [0.3, 0.4) is 0 Å². The van der Waals surface area contributed by atoms with Crippen molar-refractivity contribution in [3.05, 3.63) is 29.8 Å². The number of anilines is 1. The second-order valence-corrected chi connectivity index (χ2v) is 6.01. The normalized spacial score (nSPS) is 22.9. The molecule has 1 aromatic rings. The molecule has 2 aliphatic rings. The van der Waals surface area contributed by atoms with Crippen LogP contribution >= 0.6 is 0 Å². The molecule has 0 aromatic heterocycles. The lowest BCUT2D eigenvalue weighted by Crippen LogP contribution is -2.40. The standard InChI is InChI=1S/C17H22N2O3/c1-12(15-4-3-11-22-15)18-17(21)13-6-8-14(9-7-13)19-10-2-5-16(19)20/h6-9,12,15H,2-5,10-11H2,1H3,(H,18,21)/t12-,15+/m0/s1. The molecule has 5 heteroatoms. The maximum atomic E-state index is 12.3. The van der Waals surface area contributed by atoms with Crippen LogP contribution in [-0.4, -0.2) is 37.1 Å². The summed E-state index contributed by atoms with van der Waals surface area (Å²) in [5.74, 6) is 0.0616. The van der Waals surface area contributed by atoms with Gasteiger partial charge in [0.2, 0.25) is 5.91 Å². The van der Waals surface area contributed by atoms with E-state index < -0.39 is 0 Å². The number of rotatable bonds is 4. The Labute approximate surface area is 130 Å². The fourth-order valence-corrected chi connectivity index (χ4v) is 3.09. The maximum Gasteiger partial charge on any atom is 0.251 e. The summed E-state index contributed by atoms with van der Waals surface area (Å²) in [6, 6.07) is 7.25. The molecule has 22 heavy (non-hydrogen) atoms. The molecule has 0 radical (unpaired) electrons. The predicted molar refractivity (Wildman–Crippen MR) is 83.9 cm³/mol. The monoisotopic (exact) mass is 302 g/mol. The number of hydrogen-bond acceptors (Lipinski definition) is 3. The van der Waals surface area contributed by atoms with Gasteiger partial charge >= 0.3 is 0 Å². The van der Waals surface area contributed by atoms with Gasteiger partial charge in [-0.1, -0.05) is 0 Å². The Balaban J connectivity index is 1.62. The van der Waals surface area contributed by atoms with Crippen molar-refractivity contribution in [2.75, 3.05) is 18.1 Å². The molecule has 2 heterocycles. The molecule has 0 unspecified atom stereocenters. The molecular weight excluding hydrogens is 280 g/mol. The minimum absolute atomic E-state index is 0.00911. The van der Waals surface area contributed by atoms with Crippen molar-refractivity contribution in [2.45, 2.75) is 44.8 Å². The third-order valence-electron chi connectivity index (χ3n) is 4.40. The number of nitrogens with zero attached hydrogens (tertiary/aromatic N) is 1. The maximum absolute atomic E-state index is 12.3. The highest BCUT2D eigenvalue weighted by Gasteiger charge is 2.24. The molecule has 118 valence electrons. The number of hydrogen-bond donors (Lipinski definition) is 1. The summed E-state index contributed by atoms with van der Waals surface area (Å²) < 4.78 is 5.59. The summed E-state index contributed by atoms with van der Waals surface area (Å²) in [5.41, 5.74) is 1.48. The van der Waals surface area contributed by atoms with Crippen molar-refractivity contribution in [1.82, 2.24) is 5.32 Å². The summed E-state index contributed by atoms with van der Waals surface area (Å²) in [5, 5.41) is 2.99. The summed E-state index contributed by atoms with van der Waals surface area (Å²) in [6.07, 6.45) is 3.69. The minimum atomic E-state index is -0.0951. The largest absolute Gasteiger partial charge is 0.376 e. The molecule has 1 aromatic carbocycles. The Morgan fingerprint density at radius 2 is 2.09 bits per heavy atom. The van der Waals surface area contributed by atoms with Crippen molar-refractivity contribution in [1.29, 1.82) is 0 Å². The summed E-state index contributed by atoms with van der Waals surface area (Å²) in [7, 11) is 0. The van der Waals surface area contributed by atoms with Crippen LogP contribution in [0.1, 0.15) is 43.0 Å². The minimum Gasteiger partial charge on any atom is -0.376 e. The van der Waals surface area contributed by atoms with E-state index in [1.165, 1.54) is 0 Å². The first-order chi connectivity index (χ1) is 10.6. The topological polar surface area (TPSA) is 58.6 Å². The highest BCUT2D eigenvalue weighted by atomic mass is 16.5. The smallest absolute Gasteiger partial charge is 0.251 e. The molecule has 2 saturated heterocycles. The molecule has 3 rings (SSSR count). The Hall–Kier alpha value is -1.88. The summed E-state index contributed by atoms with van der Waals surface area (Å²) in [6.45, 7) is 3.52. The van der Waals surface area contributed by atoms with E-state index in [-0.39, 0.29) is 24.0 Å². The van der Waals surface area contributed by atoms with Gasteiger partial charge in [0.05, 0.1) is 12.1 Å². The second kappa shape index (κ2) is 6.48. The quantitative estimate of drug-likeness (QED) is 0.926. The third kappa shape index (κ3) is 3.14. The SMILES string of the molecule is C[C@H](NC(=O)c1ccc(N2CCCC2=O)cc1)[C@H]1CCCO1. The van der Waals surface area contributed by atoms with Crippen molar-refractivity contribution < 1.29 is 14.3 Å². The molecule has 2 fully saturated rings. The van der Waals surface area contributed by atoms with Crippen LogP contribution in [0.5, 0.6) is 0 Å². The van der Waals surface area contributed by atoms with Crippen LogP contribution in [0.4, 0.5) is 5.69 Å². The van der Waals surface area contributed by atoms with Crippen LogP contribution < -0.4 is 10.2 Å². The first-order valence-corrected chi connectivity index (χ1v) is 7.98. The van der Waals surface area contributed by atoms with Crippen molar-refractivity contribution >= 4 is 17.5 Å². The van der Waals surface area contributed by atoms with Crippen LogP contribution in [0.15, 0.2) is 24.3 Å². The molecular formula is C17H22N2O3. The molecule has 0 bridgehead atoms. The van der Waals surface area contributed by atoms with Crippen molar-refractivity contribution in [2.24, 2.45) is 0 Å². The van der Waals surface area contributed by atoms with Gasteiger partial charge in [-0.05, 0) is 50.5 Å². The third-order valence-corrected chi connectivity index (χ3v) is 4.40. The summed E-state index contributed by atoms with van der Waals surface area (Å²) in [4.78, 5) is 25.8. The highest BCUT2D eigenvalue weighted by Crippen LogP contribution is 2.22. The van der Waals surface area contributed by atoms with Crippen LogP contribution in [0, 0.1) is 0 Å². The second-order valence-electron chi connectivity index (χ2n) is 6.01. The van der Waals surface area contributed by atoms with Gasteiger partial charge in [-0.25, -0.2) is 0 Å². The van der Waals surface area contributed by atoms with Crippen LogP contribution in [-0.2, 0) is 9.53 Å². The van der Waals surface area contributed by atoms with Gasteiger partial charge in [0.1, 0.15) is 0 Å². The summed E-state index contributed by atoms with van der Waals surface area (Å²) >= 11 is 0. The molecule has 0 aliphatic carbocycles. The van der Waals surface area contributed by atoms with E-state index in [4.69, 9.17) is 4.74 Å². The zero-order valence-electron chi connectivity index (χ0n) is 12.9. The lowest BCUT2D eigenvalue weighted by Gasteiger charge is -2.20. The van der Waals surface area contributed by atoms with E-state index >= 15 is 0 Å². The fraction of sp³-hybridized carbons (Fsp3) is 0.529. The number of carbonyl (C=O) groups excluding carboxylic acids is 2. The number of carbonyl (C=O) groups is 2. The molecule has 0 saturated carbocycles. The van der Waals surface area contributed by atoms with Crippen molar-refractivity contribution in [3.8, 4) is 0 Å². The molecule has 5 nitrogen and oxygen atoms in total. The van der Waals surface area contributed by atoms with E-state index in [1.54, 1.807) is 17.0 Å². The van der Waals surface area contributed by atoms with Gasteiger partial charge in [-0.3, -0.25) is 9.59 Å². The zero-order valence-corrected chi connectivity index (χ0v) is 12.9.